The number of anilines is 1. The topological polar surface area (TPSA) is 80.4 Å². The fraction of sp³-hybridized carbons (Fsp3) is 0.143. The highest BCUT2D eigenvalue weighted by Gasteiger charge is 2.35. The van der Waals surface area contributed by atoms with E-state index in [1.807, 2.05) is 0 Å². The fourth-order valence-electron chi connectivity index (χ4n) is 2.17. The highest BCUT2D eigenvalue weighted by Crippen LogP contribution is 2.37. The molecule has 4 heteroatoms. The number of phenols is 1. The average molecular weight is 243 g/mol. The predicted octanol–water partition coefficient (Wildman–Crippen LogP) is 2.25. The molecule has 0 radical (unpaired) electrons. The Labute approximate surface area is 104 Å². The van der Waals surface area contributed by atoms with E-state index >= 15 is 0 Å². The lowest BCUT2D eigenvalue weighted by Crippen LogP contribution is -2.24. The number of rotatable bonds is 0. The second-order valence-electron chi connectivity index (χ2n) is 3.99. The van der Waals surface area contributed by atoms with E-state index in [9.17, 15) is 14.7 Å². The van der Waals surface area contributed by atoms with E-state index in [0.717, 1.165) is 0 Å². The van der Waals surface area contributed by atoms with Crippen LogP contribution in [0.4, 0.5) is 5.69 Å². The van der Waals surface area contributed by atoms with Gasteiger partial charge in [-0.05, 0) is 26.0 Å². The van der Waals surface area contributed by atoms with Gasteiger partial charge in [-0.3, -0.25) is 9.59 Å². The Morgan fingerprint density at radius 1 is 1.00 bits per heavy atom. The highest BCUT2D eigenvalue weighted by atomic mass is 16.3. The number of allylic oxidation sites excluding steroid dienone is 4. The van der Waals surface area contributed by atoms with Crippen LogP contribution in [0.3, 0.4) is 0 Å². The van der Waals surface area contributed by atoms with Crippen molar-refractivity contribution in [2.75, 3.05) is 5.73 Å². The van der Waals surface area contributed by atoms with E-state index in [1.165, 1.54) is 12.1 Å². The smallest absolute Gasteiger partial charge is 0.197 e. The summed E-state index contributed by atoms with van der Waals surface area (Å²) in [4.78, 5) is 24.5. The van der Waals surface area contributed by atoms with Gasteiger partial charge < -0.3 is 10.8 Å². The normalized spacial score (nSPS) is 19.4. The number of Topliss-reactive ketones (excluding diaryl/α,β-unsaturated/α-hetero) is 2. The maximum absolute atomic E-state index is 12.3. The molecule has 2 rings (SSSR count). The first-order chi connectivity index (χ1) is 8.52. The summed E-state index contributed by atoms with van der Waals surface area (Å²) in [6.45, 7) is 3.37. The van der Waals surface area contributed by atoms with Crippen LogP contribution in [-0.4, -0.2) is 16.7 Å². The van der Waals surface area contributed by atoms with Crippen molar-refractivity contribution in [1.82, 2.24) is 0 Å². The molecule has 0 atom stereocenters. The number of aromatic hydroxyl groups is 1. The molecule has 1 aromatic rings. The number of nitrogens with two attached hydrogens (primary N) is 1. The van der Waals surface area contributed by atoms with Crippen molar-refractivity contribution in [1.29, 1.82) is 0 Å². The molecule has 0 unspecified atom stereocenters. The molecule has 1 aliphatic carbocycles. The molecular weight excluding hydrogens is 230 g/mol. The Morgan fingerprint density at radius 3 is 2.00 bits per heavy atom. The number of ketones is 2. The standard InChI is InChI=1S/C14H13NO3/c1-3-7-8(4-2)14(18)12-10(16)6-5-9(15)11(12)13(7)17/h3-6,16H,15H2,1-2H3/b7-3+,8-4+. The van der Waals surface area contributed by atoms with Crippen molar-refractivity contribution in [2.24, 2.45) is 0 Å². The Balaban J connectivity index is 2.88. The molecule has 0 aliphatic heterocycles. The van der Waals surface area contributed by atoms with Crippen LogP contribution in [0.1, 0.15) is 34.6 Å². The lowest BCUT2D eigenvalue weighted by atomic mass is 9.80. The van der Waals surface area contributed by atoms with Gasteiger partial charge in [0.05, 0.1) is 11.1 Å². The quantitative estimate of drug-likeness (QED) is 0.416. The van der Waals surface area contributed by atoms with E-state index in [4.69, 9.17) is 5.73 Å². The molecule has 3 N–H and O–H groups in total. The van der Waals surface area contributed by atoms with E-state index in [-0.39, 0.29) is 34.1 Å². The summed E-state index contributed by atoms with van der Waals surface area (Å²) >= 11 is 0. The highest BCUT2D eigenvalue weighted by molar-refractivity contribution is 6.33. The number of carbonyl (C=O) groups excluding carboxylic acids is 2. The fourth-order valence-corrected chi connectivity index (χ4v) is 2.17. The summed E-state index contributed by atoms with van der Waals surface area (Å²) in [7, 11) is 0. The first kappa shape index (κ1) is 12.1. The van der Waals surface area contributed by atoms with Crippen molar-refractivity contribution in [3.63, 3.8) is 0 Å². The third kappa shape index (κ3) is 1.46. The summed E-state index contributed by atoms with van der Waals surface area (Å²) in [5.74, 6) is -0.911. The minimum atomic E-state index is -0.370. The zero-order valence-corrected chi connectivity index (χ0v) is 10.2. The molecule has 0 saturated carbocycles. The molecule has 0 fully saturated rings. The van der Waals surface area contributed by atoms with E-state index in [0.29, 0.717) is 11.1 Å². The number of hydrogen-bond acceptors (Lipinski definition) is 4. The zero-order valence-electron chi connectivity index (χ0n) is 10.2. The van der Waals surface area contributed by atoms with Crippen LogP contribution in [-0.2, 0) is 0 Å². The molecule has 1 aliphatic rings. The number of fused-ring (bicyclic) bond motifs is 1. The predicted molar refractivity (Wildman–Crippen MR) is 68.7 cm³/mol. The van der Waals surface area contributed by atoms with Gasteiger partial charge in [0.25, 0.3) is 0 Å². The maximum Gasteiger partial charge on any atom is 0.197 e. The molecule has 4 nitrogen and oxygen atoms in total. The number of carbonyl (C=O) groups is 2. The largest absolute Gasteiger partial charge is 0.507 e. The summed E-state index contributed by atoms with van der Waals surface area (Å²) in [6, 6.07) is 2.75. The van der Waals surface area contributed by atoms with Crippen molar-refractivity contribution >= 4 is 17.3 Å². The molecule has 0 spiro atoms. The van der Waals surface area contributed by atoms with Crippen LogP contribution >= 0.6 is 0 Å². The Kier molecular flexibility index (Phi) is 2.79. The van der Waals surface area contributed by atoms with Gasteiger partial charge in [0, 0.05) is 16.8 Å². The zero-order chi connectivity index (χ0) is 13.4. The van der Waals surface area contributed by atoms with Gasteiger partial charge in [-0.2, -0.15) is 0 Å². The second-order valence-corrected chi connectivity index (χ2v) is 3.99. The second kappa shape index (κ2) is 4.14. The van der Waals surface area contributed by atoms with Crippen molar-refractivity contribution < 1.29 is 14.7 Å². The summed E-state index contributed by atoms with van der Waals surface area (Å²) in [6.07, 6.45) is 3.16. The lowest BCUT2D eigenvalue weighted by molar-refractivity contribution is 0.0970. The van der Waals surface area contributed by atoms with E-state index in [1.54, 1.807) is 26.0 Å². The first-order valence-electron chi connectivity index (χ1n) is 5.56. The lowest BCUT2D eigenvalue weighted by Gasteiger charge is -2.21. The van der Waals surface area contributed by atoms with Crippen molar-refractivity contribution in [3.8, 4) is 5.75 Å². The van der Waals surface area contributed by atoms with Gasteiger partial charge in [0.1, 0.15) is 5.75 Å². The molecule has 0 bridgehead atoms. The van der Waals surface area contributed by atoms with Crippen LogP contribution in [0.2, 0.25) is 0 Å². The molecule has 0 aromatic heterocycles. The van der Waals surface area contributed by atoms with Gasteiger partial charge in [-0.1, -0.05) is 12.2 Å². The molecule has 0 saturated heterocycles. The third-order valence-corrected chi connectivity index (χ3v) is 3.03. The SMILES string of the molecule is C/C=C1/C(=O)c2c(N)ccc(O)c2C(=O)/C1=C/C. The van der Waals surface area contributed by atoms with Gasteiger partial charge >= 0.3 is 0 Å². The van der Waals surface area contributed by atoms with Gasteiger partial charge in [-0.25, -0.2) is 0 Å². The van der Waals surface area contributed by atoms with Crippen LogP contribution in [0.15, 0.2) is 35.4 Å². The van der Waals surface area contributed by atoms with E-state index < -0.39 is 0 Å². The van der Waals surface area contributed by atoms with Crippen LogP contribution < -0.4 is 5.73 Å². The molecule has 92 valence electrons. The first-order valence-corrected chi connectivity index (χ1v) is 5.56. The Hall–Kier alpha value is -2.36. The van der Waals surface area contributed by atoms with Gasteiger partial charge in [0.15, 0.2) is 11.6 Å². The Morgan fingerprint density at radius 2 is 1.50 bits per heavy atom. The van der Waals surface area contributed by atoms with Gasteiger partial charge in [-0.15, -0.1) is 0 Å². The average Bonchev–Trinajstić information content (AvgIpc) is 2.35. The number of benzene rings is 1. The van der Waals surface area contributed by atoms with E-state index in [2.05, 4.69) is 0 Å². The monoisotopic (exact) mass is 243 g/mol. The van der Waals surface area contributed by atoms with Gasteiger partial charge in [0.2, 0.25) is 0 Å². The Bertz CT molecular complexity index is 569. The minimum Gasteiger partial charge on any atom is -0.507 e. The van der Waals surface area contributed by atoms with Crippen LogP contribution in [0.5, 0.6) is 5.75 Å². The minimum absolute atomic E-state index is 0.00120. The number of nitrogen functional groups attached to an aromatic ring is 1. The molecule has 1 aromatic carbocycles. The van der Waals surface area contributed by atoms with Crippen LogP contribution in [0.25, 0.3) is 0 Å². The summed E-state index contributed by atoms with van der Waals surface area (Å²) < 4.78 is 0. The summed E-state index contributed by atoms with van der Waals surface area (Å²) in [5.41, 5.74) is 6.66. The van der Waals surface area contributed by atoms with Crippen molar-refractivity contribution in [3.05, 3.63) is 46.6 Å². The molecule has 0 amide bonds. The molecular formula is C14H13NO3. The molecule has 18 heavy (non-hydrogen) atoms. The summed E-state index contributed by atoms with van der Waals surface area (Å²) in [5, 5.41) is 9.77. The maximum atomic E-state index is 12.3. The number of hydrogen-bond donors (Lipinski definition) is 2. The third-order valence-electron chi connectivity index (χ3n) is 3.03. The van der Waals surface area contributed by atoms with Crippen molar-refractivity contribution in [2.45, 2.75) is 13.8 Å². The van der Waals surface area contributed by atoms with Crippen LogP contribution in [0, 0.1) is 0 Å². The molecule has 0 heterocycles. The number of phenolic OH excluding ortho intramolecular Hbond substituents is 1.